The summed E-state index contributed by atoms with van der Waals surface area (Å²) in [6.45, 7) is 2.18. The third-order valence-electron chi connectivity index (χ3n) is 4.23. The van der Waals surface area contributed by atoms with Gasteiger partial charge in [0.25, 0.3) is 0 Å². The van der Waals surface area contributed by atoms with E-state index < -0.39 is 0 Å². The first-order valence-corrected chi connectivity index (χ1v) is 8.23. The average Bonchev–Trinajstić information content (AvgIpc) is 2.68. The number of anilines is 1. The number of pyridine rings is 1. The predicted molar refractivity (Wildman–Crippen MR) is 94.2 cm³/mol. The molecule has 132 valence electrons. The fourth-order valence-corrected chi connectivity index (χ4v) is 2.92. The van der Waals surface area contributed by atoms with Crippen LogP contribution in [0, 0.1) is 0 Å². The quantitative estimate of drug-likeness (QED) is 0.777. The average molecular weight is 342 g/mol. The summed E-state index contributed by atoms with van der Waals surface area (Å²) in [6, 6.07) is 11.6. The van der Waals surface area contributed by atoms with Crippen LogP contribution in [-0.4, -0.2) is 51.0 Å². The number of aromatic nitrogens is 1. The number of benzene rings is 1. The Bertz CT molecular complexity index is 718. The zero-order valence-corrected chi connectivity index (χ0v) is 14.5. The van der Waals surface area contributed by atoms with Gasteiger partial charge in [0.2, 0.25) is 0 Å². The van der Waals surface area contributed by atoms with Gasteiger partial charge in [-0.15, -0.1) is 0 Å². The molecule has 0 bridgehead atoms. The van der Waals surface area contributed by atoms with Crippen molar-refractivity contribution in [2.45, 2.75) is 12.5 Å². The second-order valence-corrected chi connectivity index (χ2v) is 5.89. The molecular weight excluding hydrogens is 320 g/mol. The molecule has 0 amide bonds. The topological polar surface area (TPSA) is 60.9 Å². The van der Waals surface area contributed by atoms with E-state index in [0.29, 0.717) is 12.2 Å². The van der Waals surface area contributed by atoms with Crippen LogP contribution in [-0.2, 0) is 15.9 Å². The maximum Gasteiger partial charge on any atom is 0.339 e. The van der Waals surface area contributed by atoms with Crippen LogP contribution < -0.4 is 9.64 Å². The Hall–Kier alpha value is -2.60. The van der Waals surface area contributed by atoms with Gasteiger partial charge in [0.15, 0.2) is 0 Å². The lowest BCUT2D eigenvalue weighted by Crippen LogP contribution is -2.43. The first kappa shape index (κ1) is 17.2. The SMILES string of the molecule is COC(=O)c1ccc(N2CCO[C@@H](Cc3cccc(OC)c3)C2)nc1. The summed E-state index contributed by atoms with van der Waals surface area (Å²) >= 11 is 0. The lowest BCUT2D eigenvalue weighted by molar-refractivity contribution is 0.0407. The molecule has 1 aliphatic rings. The summed E-state index contributed by atoms with van der Waals surface area (Å²) in [7, 11) is 3.03. The third-order valence-corrected chi connectivity index (χ3v) is 4.23. The van der Waals surface area contributed by atoms with E-state index in [2.05, 4.69) is 16.0 Å². The normalized spacial score (nSPS) is 17.2. The predicted octanol–water partition coefficient (Wildman–Crippen LogP) is 2.32. The lowest BCUT2D eigenvalue weighted by atomic mass is 10.1. The molecule has 2 heterocycles. The Morgan fingerprint density at radius 3 is 2.92 bits per heavy atom. The molecule has 1 aliphatic heterocycles. The molecule has 0 saturated carbocycles. The number of esters is 1. The largest absolute Gasteiger partial charge is 0.497 e. The van der Waals surface area contributed by atoms with Crippen molar-refractivity contribution in [1.29, 1.82) is 0 Å². The molecule has 1 atom stereocenters. The van der Waals surface area contributed by atoms with Crippen molar-refractivity contribution in [2.75, 3.05) is 38.8 Å². The van der Waals surface area contributed by atoms with Gasteiger partial charge in [-0.25, -0.2) is 9.78 Å². The molecule has 6 heteroatoms. The first-order valence-electron chi connectivity index (χ1n) is 8.23. The maximum atomic E-state index is 11.5. The Morgan fingerprint density at radius 1 is 1.32 bits per heavy atom. The number of hydrogen-bond donors (Lipinski definition) is 0. The van der Waals surface area contributed by atoms with Crippen molar-refractivity contribution in [3.8, 4) is 5.75 Å². The fraction of sp³-hybridized carbons (Fsp3) is 0.368. The van der Waals surface area contributed by atoms with E-state index in [9.17, 15) is 4.79 Å². The molecule has 2 aromatic rings. The molecule has 0 spiro atoms. The van der Waals surface area contributed by atoms with Gasteiger partial charge in [0, 0.05) is 25.7 Å². The van der Waals surface area contributed by atoms with Gasteiger partial charge < -0.3 is 19.1 Å². The van der Waals surface area contributed by atoms with Gasteiger partial charge >= 0.3 is 5.97 Å². The van der Waals surface area contributed by atoms with Crippen molar-refractivity contribution in [3.05, 3.63) is 53.7 Å². The Balaban J connectivity index is 1.65. The highest BCUT2D eigenvalue weighted by molar-refractivity contribution is 5.89. The van der Waals surface area contributed by atoms with Crippen LogP contribution in [0.15, 0.2) is 42.6 Å². The van der Waals surface area contributed by atoms with Crippen LogP contribution in [0.1, 0.15) is 15.9 Å². The van der Waals surface area contributed by atoms with Gasteiger partial charge in [0.05, 0.1) is 32.5 Å². The minimum absolute atomic E-state index is 0.0861. The second kappa shape index (κ2) is 7.98. The molecule has 0 unspecified atom stereocenters. The summed E-state index contributed by atoms with van der Waals surface area (Å²) in [5.41, 5.74) is 1.63. The Morgan fingerprint density at radius 2 is 2.20 bits per heavy atom. The van der Waals surface area contributed by atoms with E-state index in [4.69, 9.17) is 14.2 Å². The number of methoxy groups -OCH3 is 2. The van der Waals surface area contributed by atoms with E-state index in [-0.39, 0.29) is 12.1 Å². The van der Waals surface area contributed by atoms with Crippen LogP contribution in [0.4, 0.5) is 5.82 Å². The van der Waals surface area contributed by atoms with Gasteiger partial charge in [0.1, 0.15) is 11.6 Å². The number of morpholine rings is 1. The third kappa shape index (κ3) is 4.28. The number of carbonyl (C=O) groups excluding carboxylic acids is 1. The summed E-state index contributed by atoms with van der Waals surface area (Å²) in [4.78, 5) is 18.1. The molecule has 1 saturated heterocycles. The number of hydrogen-bond acceptors (Lipinski definition) is 6. The van der Waals surface area contributed by atoms with Gasteiger partial charge in [-0.2, -0.15) is 0 Å². The summed E-state index contributed by atoms with van der Waals surface area (Å²) < 4.78 is 15.9. The molecule has 25 heavy (non-hydrogen) atoms. The van der Waals surface area contributed by atoms with E-state index in [1.165, 1.54) is 12.7 Å². The minimum Gasteiger partial charge on any atom is -0.497 e. The smallest absolute Gasteiger partial charge is 0.339 e. The van der Waals surface area contributed by atoms with Crippen molar-refractivity contribution >= 4 is 11.8 Å². The molecule has 1 fully saturated rings. The summed E-state index contributed by atoms with van der Waals surface area (Å²) in [5.74, 6) is 1.31. The van der Waals surface area contributed by atoms with E-state index in [1.807, 2.05) is 24.3 Å². The lowest BCUT2D eigenvalue weighted by Gasteiger charge is -2.34. The van der Waals surface area contributed by atoms with E-state index in [1.54, 1.807) is 19.4 Å². The number of rotatable bonds is 5. The highest BCUT2D eigenvalue weighted by atomic mass is 16.5. The van der Waals surface area contributed by atoms with Gasteiger partial charge in [-0.3, -0.25) is 0 Å². The van der Waals surface area contributed by atoms with Crippen LogP contribution in [0.2, 0.25) is 0 Å². The Labute approximate surface area is 147 Å². The molecule has 1 aromatic carbocycles. The van der Waals surface area contributed by atoms with Gasteiger partial charge in [-0.1, -0.05) is 12.1 Å². The summed E-state index contributed by atoms with van der Waals surface area (Å²) in [5, 5.41) is 0. The van der Waals surface area contributed by atoms with Crippen molar-refractivity contribution < 1.29 is 19.0 Å². The highest BCUT2D eigenvalue weighted by Crippen LogP contribution is 2.20. The molecular formula is C19H22N2O4. The van der Waals surface area contributed by atoms with Crippen molar-refractivity contribution in [1.82, 2.24) is 4.98 Å². The first-order chi connectivity index (χ1) is 12.2. The molecule has 3 rings (SSSR count). The van der Waals surface area contributed by atoms with Crippen molar-refractivity contribution in [2.24, 2.45) is 0 Å². The number of carbonyl (C=O) groups is 1. The molecule has 0 radical (unpaired) electrons. The highest BCUT2D eigenvalue weighted by Gasteiger charge is 2.22. The van der Waals surface area contributed by atoms with Crippen LogP contribution >= 0.6 is 0 Å². The molecule has 0 N–H and O–H groups in total. The summed E-state index contributed by atoms with van der Waals surface area (Å²) in [6.07, 6.45) is 2.45. The number of nitrogens with zero attached hydrogens (tertiary/aromatic N) is 2. The van der Waals surface area contributed by atoms with Crippen molar-refractivity contribution in [3.63, 3.8) is 0 Å². The zero-order valence-electron chi connectivity index (χ0n) is 14.5. The van der Waals surface area contributed by atoms with Gasteiger partial charge in [-0.05, 0) is 29.8 Å². The number of ether oxygens (including phenoxy) is 3. The standard InChI is InChI=1S/C19H22N2O4/c1-23-16-5-3-4-14(10-16)11-17-13-21(8-9-25-17)18-7-6-15(12-20-18)19(22)24-2/h3-7,10,12,17H,8-9,11,13H2,1-2H3/t17-/m0/s1. The minimum atomic E-state index is -0.378. The molecule has 6 nitrogen and oxygen atoms in total. The maximum absolute atomic E-state index is 11.5. The van der Waals surface area contributed by atoms with E-state index in [0.717, 1.165) is 31.1 Å². The fourth-order valence-electron chi connectivity index (χ4n) is 2.92. The molecule has 1 aromatic heterocycles. The van der Waals surface area contributed by atoms with Crippen LogP contribution in [0.5, 0.6) is 5.75 Å². The van der Waals surface area contributed by atoms with Crippen LogP contribution in [0.3, 0.4) is 0 Å². The zero-order chi connectivity index (χ0) is 17.6. The van der Waals surface area contributed by atoms with E-state index >= 15 is 0 Å². The Kier molecular flexibility index (Phi) is 5.50. The van der Waals surface area contributed by atoms with Crippen LogP contribution in [0.25, 0.3) is 0 Å². The monoisotopic (exact) mass is 342 g/mol. The molecule has 0 aliphatic carbocycles. The second-order valence-electron chi connectivity index (χ2n) is 5.89.